The third-order valence-corrected chi connectivity index (χ3v) is 6.30. The van der Waals surface area contributed by atoms with E-state index in [1.807, 2.05) is 13.8 Å². The van der Waals surface area contributed by atoms with E-state index in [1.54, 1.807) is 8.61 Å². The van der Waals surface area contributed by atoms with Crippen molar-refractivity contribution in [3.8, 4) is 0 Å². The highest BCUT2D eigenvalue weighted by Crippen LogP contribution is 2.31. The molecule has 1 heterocycles. The molecule has 112 valence electrons. The summed E-state index contributed by atoms with van der Waals surface area (Å²) in [5.41, 5.74) is 0. The van der Waals surface area contributed by atoms with Crippen molar-refractivity contribution in [3.63, 3.8) is 0 Å². The van der Waals surface area contributed by atoms with Crippen LogP contribution in [0.2, 0.25) is 0 Å². The molecule has 2 fully saturated rings. The zero-order valence-corrected chi connectivity index (χ0v) is 13.0. The van der Waals surface area contributed by atoms with Crippen LogP contribution in [0.15, 0.2) is 0 Å². The Kier molecular flexibility index (Phi) is 5.22. The van der Waals surface area contributed by atoms with Crippen LogP contribution in [0.25, 0.3) is 0 Å². The Morgan fingerprint density at radius 2 is 1.79 bits per heavy atom. The van der Waals surface area contributed by atoms with Crippen LogP contribution in [0.5, 0.6) is 0 Å². The molecule has 0 aromatic heterocycles. The summed E-state index contributed by atoms with van der Waals surface area (Å²) in [4.78, 5) is 0. The second kappa shape index (κ2) is 6.52. The average Bonchev–Trinajstić information content (AvgIpc) is 3.22. The highest BCUT2D eigenvalue weighted by molar-refractivity contribution is 7.86. The highest BCUT2D eigenvalue weighted by atomic mass is 32.2. The van der Waals surface area contributed by atoms with Gasteiger partial charge in [-0.3, -0.25) is 0 Å². The van der Waals surface area contributed by atoms with Crippen LogP contribution in [0, 0.1) is 0 Å². The summed E-state index contributed by atoms with van der Waals surface area (Å²) in [7, 11) is -3.27. The molecule has 1 aliphatic heterocycles. The quantitative estimate of drug-likeness (QED) is 0.766. The van der Waals surface area contributed by atoms with Gasteiger partial charge in [0.1, 0.15) is 0 Å². The number of nitrogens with one attached hydrogen (secondary N) is 1. The van der Waals surface area contributed by atoms with E-state index in [-0.39, 0.29) is 6.04 Å². The van der Waals surface area contributed by atoms with E-state index in [4.69, 9.17) is 0 Å². The average molecular weight is 289 g/mol. The molecule has 2 aliphatic rings. The minimum absolute atomic E-state index is 0.245. The second-order valence-electron chi connectivity index (χ2n) is 5.54. The summed E-state index contributed by atoms with van der Waals surface area (Å²) in [6.07, 6.45) is 5.56. The Hall–Kier alpha value is -0.170. The van der Waals surface area contributed by atoms with E-state index in [9.17, 15) is 8.42 Å². The first-order valence-electron chi connectivity index (χ1n) is 7.59. The smallest absolute Gasteiger partial charge is 0.282 e. The molecule has 1 saturated carbocycles. The van der Waals surface area contributed by atoms with Crippen LogP contribution in [0.4, 0.5) is 0 Å². The first kappa shape index (κ1) is 15.2. The molecule has 0 radical (unpaired) electrons. The molecule has 0 aromatic rings. The van der Waals surface area contributed by atoms with E-state index < -0.39 is 10.2 Å². The first-order chi connectivity index (χ1) is 9.09. The van der Waals surface area contributed by atoms with Gasteiger partial charge in [0.05, 0.1) is 0 Å². The third kappa shape index (κ3) is 3.68. The van der Waals surface area contributed by atoms with Crippen LogP contribution in [-0.2, 0) is 10.2 Å². The van der Waals surface area contributed by atoms with E-state index >= 15 is 0 Å². The van der Waals surface area contributed by atoms with Gasteiger partial charge in [-0.15, -0.1) is 0 Å². The first-order valence-corrected chi connectivity index (χ1v) is 8.99. The fraction of sp³-hybridized carbons (Fsp3) is 1.00. The lowest BCUT2D eigenvalue weighted by Crippen LogP contribution is -2.51. The Morgan fingerprint density at radius 1 is 1.11 bits per heavy atom. The van der Waals surface area contributed by atoms with Crippen molar-refractivity contribution < 1.29 is 8.42 Å². The number of hydrogen-bond acceptors (Lipinski definition) is 3. The maximum absolute atomic E-state index is 12.7. The molecule has 6 heteroatoms. The molecule has 0 aromatic carbocycles. The molecular formula is C13H27N3O2S. The summed E-state index contributed by atoms with van der Waals surface area (Å²) >= 11 is 0. The summed E-state index contributed by atoms with van der Waals surface area (Å²) in [6, 6.07) is 0.578. The Balaban J connectivity index is 2.06. The Labute approximate surface area is 117 Å². The Bertz CT molecular complexity index is 371. The minimum atomic E-state index is -3.27. The van der Waals surface area contributed by atoms with Crippen molar-refractivity contribution in [1.29, 1.82) is 0 Å². The van der Waals surface area contributed by atoms with E-state index in [2.05, 4.69) is 5.32 Å². The molecule has 0 amide bonds. The van der Waals surface area contributed by atoms with E-state index in [0.29, 0.717) is 25.7 Å². The lowest BCUT2D eigenvalue weighted by Gasteiger charge is -2.33. The second-order valence-corrected chi connectivity index (χ2v) is 7.42. The van der Waals surface area contributed by atoms with Crippen molar-refractivity contribution >= 4 is 10.2 Å². The maximum atomic E-state index is 12.7. The minimum Gasteiger partial charge on any atom is -0.313 e. The fourth-order valence-corrected chi connectivity index (χ4v) is 4.69. The summed E-state index contributed by atoms with van der Waals surface area (Å²) in [6.45, 7) is 6.59. The molecule has 1 N–H and O–H groups in total. The standard InChI is InChI=1S/C13H27N3O2S/c1-3-15(4-2)19(17,18)16(13-8-9-13)11-12-7-5-6-10-14-12/h12-14H,3-11H2,1-2H3. The summed E-state index contributed by atoms with van der Waals surface area (Å²) < 4.78 is 28.7. The Morgan fingerprint density at radius 3 is 2.26 bits per heavy atom. The summed E-state index contributed by atoms with van der Waals surface area (Å²) in [5.74, 6) is 0. The van der Waals surface area contributed by atoms with Crippen LogP contribution in [0.3, 0.4) is 0 Å². The van der Waals surface area contributed by atoms with Gasteiger partial charge in [-0.1, -0.05) is 20.3 Å². The molecule has 1 atom stereocenters. The molecular weight excluding hydrogens is 262 g/mol. The third-order valence-electron chi connectivity index (χ3n) is 4.09. The van der Waals surface area contributed by atoms with Crippen molar-refractivity contribution in [2.45, 2.75) is 58.0 Å². The van der Waals surface area contributed by atoms with Crippen LogP contribution in [0.1, 0.15) is 46.0 Å². The molecule has 0 spiro atoms. The van der Waals surface area contributed by atoms with Gasteiger partial charge >= 0.3 is 0 Å². The lowest BCUT2D eigenvalue weighted by molar-refractivity contribution is 0.286. The van der Waals surface area contributed by atoms with Gasteiger partial charge in [-0.05, 0) is 32.2 Å². The van der Waals surface area contributed by atoms with Crippen molar-refractivity contribution in [2.75, 3.05) is 26.2 Å². The fourth-order valence-electron chi connectivity index (χ4n) is 2.79. The molecule has 19 heavy (non-hydrogen) atoms. The van der Waals surface area contributed by atoms with Gasteiger partial charge < -0.3 is 5.32 Å². The molecule has 1 saturated heterocycles. The number of piperidine rings is 1. The largest absolute Gasteiger partial charge is 0.313 e. The molecule has 1 aliphatic carbocycles. The SMILES string of the molecule is CCN(CC)S(=O)(=O)N(CC1CCCCN1)C1CC1. The molecule has 5 nitrogen and oxygen atoms in total. The normalized spacial score (nSPS) is 25.2. The van der Waals surface area contributed by atoms with Gasteiger partial charge in [-0.2, -0.15) is 17.0 Å². The van der Waals surface area contributed by atoms with Crippen molar-refractivity contribution in [1.82, 2.24) is 13.9 Å². The van der Waals surface area contributed by atoms with Gasteiger partial charge in [0.2, 0.25) is 0 Å². The van der Waals surface area contributed by atoms with Crippen LogP contribution in [-0.4, -0.2) is 55.3 Å². The lowest BCUT2D eigenvalue weighted by atomic mass is 10.1. The topological polar surface area (TPSA) is 52.7 Å². The summed E-state index contributed by atoms with van der Waals surface area (Å²) in [5, 5.41) is 3.45. The van der Waals surface area contributed by atoms with Crippen LogP contribution >= 0.6 is 0 Å². The predicted molar refractivity (Wildman–Crippen MR) is 77.2 cm³/mol. The number of hydrogen-bond donors (Lipinski definition) is 1. The van der Waals surface area contributed by atoms with Crippen molar-refractivity contribution in [3.05, 3.63) is 0 Å². The van der Waals surface area contributed by atoms with E-state index in [0.717, 1.165) is 25.8 Å². The maximum Gasteiger partial charge on any atom is 0.282 e. The molecule has 0 bridgehead atoms. The van der Waals surface area contributed by atoms with Gasteiger partial charge in [0, 0.05) is 31.7 Å². The van der Waals surface area contributed by atoms with Crippen molar-refractivity contribution in [2.24, 2.45) is 0 Å². The van der Waals surface area contributed by atoms with E-state index in [1.165, 1.54) is 12.8 Å². The highest BCUT2D eigenvalue weighted by Gasteiger charge is 2.40. The predicted octanol–water partition coefficient (Wildman–Crippen LogP) is 1.18. The zero-order chi connectivity index (χ0) is 13.9. The number of nitrogens with zero attached hydrogens (tertiary/aromatic N) is 2. The van der Waals surface area contributed by atoms with Crippen LogP contribution < -0.4 is 5.32 Å². The molecule has 1 unspecified atom stereocenters. The number of rotatable bonds is 7. The van der Waals surface area contributed by atoms with Gasteiger partial charge in [0.15, 0.2) is 0 Å². The van der Waals surface area contributed by atoms with Gasteiger partial charge in [0.25, 0.3) is 10.2 Å². The molecule has 2 rings (SSSR count). The monoisotopic (exact) mass is 289 g/mol. The van der Waals surface area contributed by atoms with Gasteiger partial charge in [-0.25, -0.2) is 0 Å². The zero-order valence-electron chi connectivity index (χ0n) is 12.1.